The van der Waals surface area contributed by atoms with Crippen LogP contribution in [-0.4, -0.2) is 28.3 Å². The predicted octanol–water partition coefficient (Wildman–Crippen LogP) is 4.44. The number of hydrogen-bond acceptors (Lipinski definition) is 2. The second-order valence-corrected chi connectivity index (χ2v) is 6.43. The number of halogens is 2. The van der Waals surface area contributed by atoms with Crippen LogP contribution in [0.25, 0.3) is 0 Å². The van der Waals surface area contributed by atoms with E-state index in [9.17, 15) is 18.4 Å². The minimum absolute atomic E-state index is 0.198. The molecule has 0 aromatic heterocycles. The Morgan fingerprint density at radius 1 is 1.12 bits per heavy atom. The molecule has 1 saturated heterocycles. The van der Waals surface area contributed by atoms with Gasteiger partial charge in [0.15, 0.2) is 11.6 Å². The van der Waals surface area contributed by atoms with Crippen molar-refractivity contribution in [3.05, 3.63) is 71.3 Å². The van der Waals surface area contributed by atoms with Crippen LogP contribution in [0.1, 0.15) is 43.5 Å². The Hall–Kier alpha value is -2.76. The standard InChI is InChI=1S/C20H20F2N2O2/c1-13(15-6-4-3-5-7-15)23-11-10-19(24(14(2)25)20(23)26)16-8-9-17(21)18(22)12-16/h3-9,12-13,19H,10-11H2,1-2H3/t13-,19?/m1/s1. The van der Waals surface area contributed by atoms with E-state index in [-0.39, 0.29) is 6.04 Å². The predicted molar refractivity (Wildman–Crippen MR) is 93.2 cm³/mol. The van der Waals surface area contributed by atoms with Gasteiger partial charge in [0.2, 0.25) is 5.91 Å². The van der Waals surface area contributed by atoms with Crippen molar-refractivity contribution >= 4 is 11.9 Å². The van der Waals surface area contributed by atoms with Crippen LogP contribution in [0.5, 0.6) is 0 Å². The summed E-state index contributed by atoms with van der Waals surface area (Å²) < 4.78 is 26.8. The van der Waals surface area contributed by atoms with Gasteiger partial charge in [-0.25, -0.2) is 13.6 Å². The molecule has 1 aliphatic rings. The lowest BCUT2D eigenvalue weighted by atomic mass is 9.97. The van der Waals surface area contributed by atoms with Crippen LogP contribution in [-0.2, 0) is 4.79 Å². The Morgan fingerprint density at radius 2 is 1.81 bits per heavy atom. The van der Waals surface area contributed by atoms with Gasteiger partial charge in [0.25, 0.3) is 0 Å². The van der Waals surface area contributed by atoms with E-state index < -0.39 is 29.6 Å². The van der Waals surface area contributed by atoms with Crippen LogP contribution in [0, 0.1) is 11.6 Å². The molecule has 0 spiro atoms. The Morgan fingerprint density at radius 3 is 2.42 bits per heavy atom. The van der Waals surface area contributed by atoms with E-state index in [1.807, 2.05) is 37.3 Å². The smallest absolute Gasteiger partial charge is 0.317 e. The fourth-order valence-corrected chi connectivity index (χ4v) is 3.42. The fraction of sp³-hybridized carbons (Fsp3) is 0.300. The van der Waals surface area contributed by atoms with E-state index in [4.69, 9.17) is 0 Å². The van der Waals surface area contributed by atoms with Crippen molar-refractivity contribution in [2.24, 2.45) is 0 Å². The molecule has 2 atom stereocenters. The molecule has 3 amide bonds. The molecule has 2 aromatic rings. The molecule has 1 fully saturated rings. The first-order valence-electron chi connectivity index (χ1n) is 8.50. The number of carbonyl (C=O) groups excluding carboxylic acids is 2. The maximum Gasteiger partial charge on any atom is 0.327 e. The van der Waals surface area contributed by atoms with Crippen molar-refractivity contribution in [2.75, 3.05) is 6.54 Å². The highest BCUT2D eigenvalue weighted by molar-refractivity contribution is 5.94. The van der Waals surface area contributed by atoms with E-state index in [0.717, 1.165) is 22.6 Å². The highest BCUT2D eigenvalue weighted by atomic mass is 19.2. The summed E-state index contributed by atoms with van der Waals surface area (Å²) in [6, 6.07) is 11.8. The summed E-state index contributed by atoms with van der Waals surface area (Å²) in [4.78, 5) is 27.9. The van der Waals surface area contributed by atoms with Crippen LogP contribution in [0.15, 0.2) is 48.5 Å². The zero-order valence-corrected chi connectivity index (χ0v) is 14.7. The zero-order chi connectivity index (χ0) is 18.8. The number of nitrogens with zero attached hydrogens (tertiary/aromatic N) is 2. The number of carbonyl (C=O) groups is 2. The van der Waals surface area contributed by atoms with E-state index in [1.54, 1.807) is 4.90 Å². The lowest BCUT2D eigenvalue weighted by Gasteiger charge is -2.42. The van der Waals surface area contributed by atoms with Crippen molar-refractivity contribution in [2.45, 2.75) is 32.4 Å². The second-order valence-electron chi connectivity index (χ2n) is 6.43. The van der Waals surface area contributed by atoms with Crippen LogP contribution >= 0.6 is 0 Å². The minimum Gasteiger partial charge on any atom is -0.317 e. The molecular formula is C20H20F2N2O2. The van der Waals surface area contributed by atoms with Gasteiger partial charge in [0.05, 0.1) is 12.1 Å². The normalized spacial score (nSPS) is 18.8. The van der Waals surface area contributed by atoms with Crippen molar-refractivity contribution < 1.29 is 18.4 Å². The SMILES string of the molecule is CC(=O)N1C(=O)N([C@H](C)c2ccccc2)CCC1c1ccc(F)c(F)c1. The lowest BCUT2D eigenvalue weighted by molar-refractivity contribution is -0.129. The molecule has 6 heteroatoms. The molecule has 0 N–H and O–H groups in total. The molecule has 0 aliphatic carbocycles. The molecule has 4 nitrogen and oxygen atoms in total. The number of rotatable bonds is 3. The second kappa shape index (κ2) is 7.23. The molecule has 136 valence electrons. The highest BCUT2D eigenvalue weighted by Gasteiger charge is 2.39. The van der Waals surface area contributed by atoms with Crippen LogP contribution < -0.4 is 0 Å². The first-order chi connectivity index (χ1) is 12.4. The monoisotopic (exact) mass is 358 g/mol. The molecule has 1 heterocycles. The van der Waals surface area contributed by atoms with E-state index in [1.165, 1.54) is 13.0 Å². The Bertz CT molecular complexity index is 826. The van der Waals surface area contributed by atoms with Crippen LogP contribution in [0.2, 0.25) is 0 Å². The first kappa shape index (κ1) is 18.0. The third-order valence-corrected chi connectivity index (χ3v) is 4.82. The molecular weight excluding hydrogens is 338 g/mol. The van der Waals surface area contributed by atoms with Gasteiger partial charge in [-0.3, -0.25) is 9.69 Å². The summed E-state index contributed by atoms with van der Waals surface area (Å²) in [6.07, 6.45) is 0.452. The van der Waals surface area contributed by atoms with E-state index in [0.29, 0.717) is 18.5 Å². The maximum absolute atomic E-state index is 13.6. The van der Waals surface area contributed by atoms with Gasteiger partial charge in [-0.05, 0) is 36.6 Å². The first-order valence-corrected chi connectivity index (χ1v) is 8.50. The van der Waals surface area contributed by atoms with Gasteiger partial charge in [-0.15, -0.1) is 0 Å². The minimum atomic E-state index is -0.987. The number of urea groups is 1. The molecule has 3 rings (SSSR count). The molecule has 0 bridgehead atoms. The molecule has 1 unspecified atom stereocenters. The van der Waals surface area contributed by atoms with E-state index in [2.05, 4.69) is 0 Å². The summed E-state index contributed by atoms with van der Waals surface area (Å²) in [5.74, 6) is -2.36. The Kier molecular flexibility index (Phi) is 5.02. The highest BCUT2D eigenvalue weighted by Crippen LogP contribution is 2.34. The van der Waals surface area contributed by atoms with Crippen LogP contribution in [0.4, 0.5) is 13.6 Å². The summed E-state index contributed by atoms with van der Waals surface area (Å²) in [5, 5.41) is 0. The van der Waals surface area contributed by atoms with Gasteiger partial charge >= 0.3 is 6.03 Å². The molecule has 2 aromatic carbocycles. The summed E-state index contributed by atoms with van der Waals surface area (Å²) in [5.41, 5.74) is 1.38. The Labute approximate surface area is 151 Å². The number of benzene rings is 2. The summed E-state index contributed by atoms with van der Waals surface area (Å²) >= 11 is 0. The topological polar surface area (TPSA) is 40.6 Å². The third kappa shape index (κ3) is 3.31. The summed E-state index contributed by atoms with van der Waals surface area (Å²) in [6.45, 7) is 3.63. The number of imide groups is 1. The Balaban J connectivity index is 1.90. The maximum atomic E-state index is 13.6. The van der Waals surface area contributed by atoms with Crippen molar-refractivity contribution in [3.8, 4) is 0 Å². The number of amides is 3. The van der Waals surface area contributed by atoms with Crippen LogP contribution in [0.3, 0.4) is 0 Å². The molecule has 0 saturated carbocycles. The van der Waals surface area contributed by atoms with Crippen molar-refractivity contribution in [1.29, 1.82) is 0 Å². The van der Waals surface area contributed by atoms with Gasteiger partial charge in [-0.1, -0.05) is 36.4 Å². The average molecular weight is 358 g/mol. The van der Waals surface area contributed by atoms with Crippen molar-refractivity contribution in [3.63, 3.8) is 0 Å². The number of hydrogen-bond donors (Lipinski definition) is 0. The van der Waals surface area contributed by atoms with Gasteiger partial charge in [0.1, 0.15) is 0 Å². The lowest BCUT2D eigenvalue weighted by Crippen LogP contribution is -2.53. The third-order valence-electron chi connectivity index (χ3n) is 4.82. The van der Waals surface area contributed by atoms with E-state index >= 15 is 0 Å². The van der Waals surface area contributed by atoms with Gasteiger partial charge in [0, 0.05) is 13.5 Å². The quantitative estimate of drug-likeness (QED) is 0.814. The molecule has 0 radical (unpaired) electrons. The van der Waals surface area contributed by atoms with Crippen molar-refractivity contribution in [1.82, 2.24) is 9.80 Å². The molecule has 1 aliphatic heterocycles. The zero-order valence-electron chi connectivity index (χ0n) is 14.7. The fourth-order valence-electron chi connectivity index (χ4n) is 3.42. The molecule has 26 heavy (non-hydrogen) atoms. The largest absolute Gasteiger partial charge is 0.327 e. The van der Waals surface area contributed by atoms with Gasteiger partial charge < -0.3 is 4.90 Å². The van der Waals surface area contributed by atoms with Gasteiger partial charge in [-0.2, -0.15) is 0 Å². The average Bonchev–Trinajstić information content (AvgIpc) is 2.63. The summed E-state index contributed by atoms with van der Waals surface area (Å²) in [7, 11) is 0.